The van der Waals surface area contributed by atoms with Gasteiger partial charge in [0, 0.05) is 24.2 Å². The molecule has 8 heteroatoms. The van der Waals surface area contributed by atoms with Gasteiger partial charge in [-0.05, 0) is 29.8 Å². The Hall–Kier alpha value is -3.39. The van der Waals surface area contributed by atoms with E-state index in [-0.39, 0.29) is 25.0 Å². The zero-order valence-corrected chi connectivity index (χ0v) is 15.5. The zero-order valence-electron chi connectivity index (χ0n) is 15.5. The summed E-state index contributed by atoms with van der Waals surface area (Å²) in [5.74, 6) is -0.985. The zero-order chi connectivity index (χ0) is 20.4. The average molecular weight is 396 g/mol. The second-order valence-corrected chi connectivity index (χ2v) is 6.94. The third-order valence-corrected chi connectivity index (χ3v) is 4.95. The number of rotatable bonds is 4. The minimum atomic E-state index is -1.10. The lowest BCUT2D eigenvalue weighted by Gasteiger charge is -2.31. The Morgan fingerprint density at radius 1 is 1.07 bits per heavy atom. The highest BCUT2D eigenvalue weighted by atomic mass is 16.5. The Morgan fingerprint density at radius 3 is 2.69 bits per heavy atom. The molecule has 0 spiro atoms. The quantitative estimate of drug-likeness (QED) is 0.813. The summed E-state index contributed by atoms with van der Waals surface area (Å²) in [5.41, 5.74) is 1.82. The molecule has 0 bridgehead atoms. The van der Waals surface area contributed by atoms with Crippen LogP contribution >= 0.6 is 0 Å². The molecule has 2 amide bonds. The molecule has 2 unspecified atom stereocenters. The molecule has 0 saturated carbocycles. The van der Waals surface area contributed by atoms with Crippen LogP contribution in [0.1, 0.15) is 15.9 Å². The number of nitrogens with one attached hydrogen (secondary N) is 1. The lowest BCUT2D eigenvalue weighted by Crippen LogP contribution is -2.48. The van der Waals surface area contributed by atoms with Crippen molar-refractivity contribution < 1.29 is 29.0 Å². The van der Waals surface area contributed by atoms with Crippen LogP contribution in [0.3, 0.4) is 0 Å². The highest BCUT2D eigenvalue weighted by Gasteiger charge is 2.31. The van der Waals surface area contributed by atoms with E-state index in [0.717, 1.165) is 5.56 Å². The van der Waals surface area contributed by atoms with Crippen molar-refractivity contribution in [2.24, 2.45) is 0 Å². The van der Waals surface area contributed by atoms with Gasteiger partial charge in [-0.15, -0.1) is 0 Å². The Balaban J connectivity index is 1.42. The molecule has 2 heterocycles. The number of carbonyl (C=O) groups is 3. The minimum absolute atomic E-state index is 0.0150. The molecular weight excluding hydrogens is 376 g/mol. The highest BCUT2D eigenvalue weighted by molar-refractivity contribution is 5.99. The first-order valence-electron chi connectivity index (χ1n) is 9.30. The first-order valence-corrected chi connectivity index (χ1v) is 9.30. The molecule has 0 aromatic heterocycles. The summed E-state index contributed by atoms with van der Waals surface area (Å²) in [5, 5.41) is 11.9. The van der Waals surface area contributed by atoms with Gasteiger partial charge in [-0.1, -0.05) is 24.3 Å². The van der Waals surface area contributed by atoms with E-state index < -0.39 is 18.2 Å². The van der Waals surface area contributed by atoms with Gasteiger partial charge in [0.25, 0.3) is 11.8 Å². The minimum Gasteiger partial charge on any atom is -0.480 e. The molecule has 29 heavy (non-hydrogen) atoms. The van der Waals surface area contributed by atoms with E-state index in [9.17, 15) is 14.4 Å². The topological polar surface area (TPSA) is 105 Å². The summed E-state index contributed by atoms with van der Waals surface area (Å²) in [7, 11) is 0. The van der Waals surface area contributed by atoms with Crippen molar-refractivity contribution in [3.8, 4) is 5.75 Å². The van der Waals surface area contributed by atoms with E-state index in [0.29, 0.717) is 30.0 Å². The van der Waals surface area contributed by atoms with Gasteiger partial charge in [-0.3, -0.25) is 9.59 Å². The van der Waals surface area contributed by atoms with Crippen LogP contribution in [0.2, 0.25) is 0 Å². The van der Waals surface area contributed by atoms with Crippen molar-refractivity contribution in [2.45, 2.75) is 18.6 Å². The number of benzene rings is 2. The van der Waals surface area contributed by atoms with Gasteiger partial charge in [0.15, 0.2) is 12.2 Å². The monoisotopic (exact) mass is 396 g/mol. The molecule has 150 valence electrons. The fourth-order valence-corrected chi connectivity index (χ4v) is 3.45. The summed E-state index contributed by atoms with van der Waals surface area (Å²) in [6.45, 7) is 0.463. The van der Waals surface area contributed by atoms with Gasteiger partial charge in [0.05, 0.1) is 13.2 Å². The molecule has 0 aliphatic carbocycles. The number of amides is 2. The van der Waals surface area contributed by atoms with E-state index in [1.807, 2.05) is 24.3 Å². The lowest BCUT2D eigenvalue weighted by molar-refractivity contribution is -0.154. The third kappa shape index (κ3) is 4.07. The van der Waals surface area contributed by atoms with Crippen molar-refractivity contribution in [2.75, 3.05) is 25.0 Å². The van der Waals surface area contributed by atoms with Crippen molar-refractivity contribution in [1.82, 2.24) is 4.90 Å². The molecule has 0 radical (unpaired) electrons. The number of aliphatic carboxylic acids is 1. The van der Waals surface area contributed by atoms with Gasteiger partial charge in [-0.2, -0.15) is 0 Å². The fourth-order valence-electron chi connectivity index (χ4n) is 3.45. The first-order chi connectivity index (χ1) is 14.0. The SMILES string of the molecule is O=C(O)C1CN(C(=O)c2cccc(NC(=O)C3Cc4ccccc4O3)c2)CCO1. The van der Waals surface area contributed by atoms with E-state index >= 15 is 0 Å². The van der Waals surface area contributed by atoms with Crippen LogP contribution in [0.5, 0.6) is 5.75 Å². The second kappa shape index (κ2) is 7.92. The summed E-state index contributed by atoms with van der Waals surface area (Å²) >= 11 is 0. The summed E-state index contributed by atoms with van der Waals surface area (Å²) in [6.07, 6.45) is -1.16. The number of carboxylic acid groups (broad SMARTS) is 1. The van der Waals surface area contributed by atoms with Crippen molar-refractivity contribution in [3.63, 3.8) is 0 Å². The van der Waals surface area contributed by atoms with Gasteiger partial charge in [0.2, 0.25) is 0 Å². The van der Waals surface area contributed by atoms with E-state index in [1.165, 1.54) is 4.90 Å². The Kier molecular flexibility index (Phi) is 5.18. The van der Waals surface area contributed by atoms with Gasteiger partial charge >= 0.3 is 5.97 Å². The summed E-state index contributed by atoms with van der Waals surface area (Å²) in [6, 6.07) is 14.1. The number of anilines is 1. The number of fused-ring (bicyclic) bond motifs is 1. The molecule has 8 nitrogen and oxygen atoms in total. The van der Waals surface area contributed by atoms with Crippen molar-refractivity contribution >= 4 is 23.5 Å². The van der Waals surface area contributed by atoms with Crippen LogP contribution in [-0.2, 0) is 20.7 Å². The predicted octanol–water partition coefficient (Wildman–Crippen LogP) is 1.55. The predicted molar refractivity (Wildman–Crippen MR) is 103 cm³/mol. The number of carboxylic acids is 1. The molecule has 1 saturated heterocycles. The van der Waals surface area contributed by atoms with Crippen LogP contribution in [0, 0.1) is 0 Å². The molecule has 2 aliphatic heterocycles. The number of hydrogen-bond acceptors (Lipinski definition) is 5. The molecule has 2 aromatic carbocycles. The van der Waals surface area contributed by atoms with Crippen molar-refractivity contribution in [3.05, 3.63) is 59.7 Å². The third-order valence-electron chi connectivity index (χ3n) is 4.95. The largest absolute Gasteiger partial charge is 0.480 e. The lowest BCUT2D eigenvalue weighted by atomic mass is 10.1. The maximum Gasteiger partial charge on any atom is 0.334 e. The molecule has 1 fully saturated rings. The number of para-hydroxylation sites is 1. The Morgan fingerprint density at radius 2 is 1.90 bits per heavy atom. The molecule has 2 N–H and O–H groups in total. The highest BCUT2D eigenvalue weighted by Crippen LogP contribution is 2.28. The average Bonchev–Trinajstić information content (AvgIpc) is 3.18. The molecule has 2 atom stereocenters. The van der Waals surface area contributed by atoms with Gasteiger partial charge in [-0.25, -0.2) is 4.79 Å². The number of nitrogens with zero attached hydrogens (tertiary/aromatic N) is 1. The number of carbonyl (C=O) groups excluding carboxylic acids is 2. The van der Waals surface area contributed by atoms with Gasteiger partial charge < -0.3 is 24.8 Å². The second-order valence-electron chi connectivity index (χ2n) is 6.94. The van der Waals surface area contributed by atoms with Crippen LogP contribution in [-0.4, -0.2) is 59.7 Å². The number of hydrogen-bond donors (Lipinski definition) is 2. The molecule has 2 aromatic rings. The fraction of sp³-hybridized carbons (Fsp3) is 0.286. The van der Waals surface area contributed by atoms with Crippen molar-refractivity contribution in [1.29, 1.82) is 0 Å². The van der Waals surface area contributed by atoms with Crippen LogP contribution in [0.4, 0.5) is 5.69 Å². The maximum atomic E-state index is 12.8. The van der Waals surface area contributed by atoms with E-state index in [2.05, 4.69) is 5.32 Å². The summed E-state index contributed by atoms with van der Waals surface area (Å²) in [4.78, 5) is 37.9. The number of morpholine rings is 1. The summed E-state index contributed by atoms with van der Waals surface area (Å²) < 4.78 is 10.8. The number of ether oxygens (including phenoxy) is 2. The van der Waals surface area contributed by atoms with Crippen LogP contribution < -0.4 is 10.1 Å². The molecular formula is C21H20N2O6. The maximum absolute atomic E-state index is 12.8. The van der Waals surface area contributed by atoms with E-state index in [4.69, 9.17) is 14.6 Å². The molecule has 2 aliphatic rings. The smallest absolute Gasteiger partial charge is 0.334 e. The van der Waals surface area contributed by atoms with E-state index in [1.54, 1.807) is 24.3 Å². The Labute approximate surface area is 167 Å². The molecule has 4 rings (SSSR count). The first kappa shape index (κ1) is 18.9. The standard InChI is InChI=1S/C21H20N2O6/c24-19(17-11-13-4-1-2-7-16(13)29-17)22-15-6-3-5-14(10-15)20(25)23-8-9-28-18(12-23)21(26)27/h1-7,10,17-18H,8-9,11-12H2,(H,22,24)(H,26,27). The van der Waals surface area contributed by atoms with Crippen LogP contribution in [0.25, 0.3) is 0 Å². The van der Waals surface area contributed by atoms with Gasteiger partial charge in [0.1, 0.15) is 5.75 Å². The Bertz CT molecular complexity index is 935. The normalized spacial score (nSPS) is 20.5. The van der Waals surface area contributed by atoms with Crippen LogP contribution in [0.15, 0.2) is 48.5 Å².